The van der Waals surface area contributed by atoms with Crippen LogP contribution in [0.25, 0.3) is 0 Å². The number of carbonyl (C=O) groups is 1. The number of ketones is 1. The predicted molar refractivity (Wildman–Crippen MR) is 119 cm³/mol. The summed E-state index contributed by atoms with van der Waals surface area (Å²) in [6.45, 7) is 6.44. The first kappa shape index (κ1) is 21.4. The summed E-state index contributed by atoms with van der Waals surface area (Å²) in [4.78, 5) is 24.6. The van der Waals surface area contributed by atoms with E-state index in [9.17, 15) is 4.79 Å². The summed E-state index contributed by atoms with van der Waals surface area (Å²) in [5.74, 6) is 3.76. The molecular weight excluding hydrogens is 394 g/mol. The highest BCUT2D eigenvalue weighted by atomic mass is 16.5. The van der Waals surface area contributed by atoms with Gasteiger partial charge in [0.15, 0.2) is 17.3 Å². The van der Waals surface area contributed by atoms with Crippen LogP contribution in [-0.2, 0) is 6.42 Å². The van der Waals surface area contributed by atoms with Gasteiger partial charge in [-0.25, -0.2) is 9.97 Å². The van der Waals surface area contributed by atoms with Gasteiger partial charge >= 0.3 is 0 Å². The number of carbonyl (C=O) groups excluding carboxylic acids is 1. The van der Waals surface area contributed by atoms with Crippen LogP contribution < -0.4 is 19.1 Å². The second kappa shape index (κ2) is 8.73. The zero-order chi connectivity index (χ0) is 22.1. The Bertz CT molecular complexity index is 942. The number of fused-ring (bicyclic) bond motifs is 1. The summed E-state index contributed by atoms with van der Waals surface area (Å²) in [7, 11) is 4.78. The third-order valence-electron chi connectivity index (χ3n) is 6.34. The van der Waals surface area contributed by atoms with Crippen LogP contribution in [0, 0.1) is 11.8 Å². The molecule has 166 valence electrons. The molecule has 0 unspecified atom stereocenters. The van der Waals surface area contributed by atoms with Gasteiger partial charge in [-0.3, -0.25) is 4.79 Å². The Kier molecular flexibility index (Phi) is 6.03. The fourth-order valence-corrected chi connectivity index (χ4v) is 4.99. The van der Waals surface area contributed by atoms with Crippen LogP contribution in [0.1, 0.15) is 54.2 Å². The standard InChI is InChI=1S/C24H31N3O4/c1-14-6-15(2)13-27(12-14)24-25-11-18-19(26-24)7-16(8-20(18)28)17-9-21(29-3)23(31-5)22(10-17)30-4/h9-11,14-16H,6-8,12-13H2,1-5H3/t14-,15+,16-/m1/s1. The highest BCUT2D eigenvalue weighted by Gasteiger charge is 2.31. The molecular formula is C24H31N3O4. The molecule has 31 heavy (non-hydrogen) atoms. The van der Waals surface area contributed by atoms with Gasteiger partial charge in [0.1, 0.15) is 0 Å². The maximum absolute atomic E-state index is 12.9. The van der Waals surface area contributed by atoms with Gasteiger partial charge < -0.3 is 19.1 Å². The van der Waals surface area contributed by atoms with Crippen LogP contribution in [-0.4, -0.2) is 50.2 Å². The number of aromatic nitrogens is 2. The molecule has 0 amide bonds. The molecule has 0 radical (unpaired) electrons. The zero-order valence-electron chi connectivity index (χ0n) is 19.0. The van der Waals surface area contributed by atoms with E-state index in [0.717, 1.165) is 30.3 Å². The molecule has 2 heterocycles. The van der Waals surface area contributed by atoms with E-state index in [1.807, 2.05) is 12.1 Å². The normalized spacial score (nSPS) is 23.3. The lowest BCUT2D eigenvalue weighted by Crippen LogP contribution is -2.40. The third-order valence-corrected chi connectivity index (χ3v) is 6.34. The van der Waals surface area contributed by atoms with Gasteiger partial charge in [0.05, 0.1) is 32.6 Å². The summed E-state index contributed by atoms with van der Waals surface area (Å²) in [5.41, 5.74) is 2.45. The first-order chi connectivity index (χ1) is 14.9. The van der Waals surface area contributed by atoms with Crippen molar-refractivity contribution in [3.8, 4) is 17.2 Å². The van der Waals surface area contributed by atoms with Gasteiger partial charge in [-0.15, -0.1) is 0 Å². The van der Waals surface area contributed by atoms with Gasteiger partial charge in [0, 0.05) is 25.7 Å². The number of Topliss-reactive ketones (excluding diaryl/α,β-unsaturated/α-hetero) is 1. The van der Waals surface area contributed by atoms with Crippen LogP contribution in [0.3, 0.4) is 0 Å². The van der Waals surface area contributed by atoms with Crippen molar-refractivity contribution in [2.24, 2.45) is 11.8 Å². The average molecular weight is 426 g/mol. The Hall–Kier alpha value is -2.83. The summed E-state index contributed by atoms with van der Waals surface area (Å²) < 4.78 is 16.4. The van der Waals surface area contributed by atoms with Crippen molar-refractivity contribution in [2.45, 2.75) is 39.0 Å². The number of piperidine rings is 1. The first-order valence-electron chi connectivity index (χ1n) is 10.9. The Labute approximate surface area is 183 Å². The molecule has 0 bridgehead atoms. The molecule has 2 aromatic rings. The topological polar surface area (TPSA) is 73.8 Å². The Morgan fingerprint density at radius 1 is 0.968 bits per heavy atom. The molecule has 0 saturated carbocycles. The molecule has 7 heteroatoms. The summed E-state index contributed by atoms with van der Waals surface area (Å²) in [5, 5.41) is 0. The van der Waals surface area contributed by atoms with Crippen LogP contribution >= 0.6 is 0 Å². The van der Waals surface area contributed by atoms with E-state index in [2.05, 4.69) is 23.7 Å². The second-order valence-corrected chi connectivity index (χ2v) is 8.87. The Morgan fingerprint density at radius 2 is 1.61 bits per heavy atom. The fourth-order valence-electron chi connectivity index (χ4n) is 4.99. The molecule has 0 spiro atoms. The molecule has 0 N–H and O–H groups in total. The van der Waals surface area contributed by atoms with Crippen molar-refractivity contribution >= 4 is 11.7 Å². The average Bonchev–Trinajstić information content (AvgIpc) is 2.76. The molecule has 1 saturated heterocycles. The van der Waals surface area contributed by atoms with Gasteiger partial charge in [-0.05, 0) is 48.3 Å². The Morgan fingerprint density at radius 3 is 2.19 bits per heavy atom. The van der Waals surface area contributed by atoms with Crippen LogP contribution in [0.2, 0.25) is 0 Å². The minimum Gasteiger partial charge on any atom is -0.493 e. The maximum atomic E-state index is 12.9. The number of methoxy groups -OCH3 is 3. The highest BCUT2D eigenvalue weighted by molar-refractivity contribution is 5.98. The van der Waals surface area contributed by atoms with Gasteiger partial charge in [0.2, 0.25) is 11.7 Å². The van der Waals surface area contributed by atoms with E-state index < -0.39 is 0 Å². The first-order valence-corrected chi connectivity index (χ1v) is 10.9. The molecule has 1 aromatic heterocycles. The lowest BCUT2D eigenvalue weighted by molar-refractivity contribution is 0.0962. The maximum Gasteiger partial charge on any atom is 0.225 e. The largest absolute Gasteiger partial charge is 0.493 e. The monoisotopic (exact) mass is 425 g/mol. The number of rotatable bonds is 5. The lowest BCUT2D eigenvalue weighted by atomic mass is 9.82. The quantitative estimate of drug-likeness (QED) is 0.719. The van der Waals surface area contributed by atoms with E-state index in [1.54, 1.807) is 27.5 Å². The highest BCUT2D eigenvalue weighted by Crippen LogP contribution is 2.42. The number of anilines is 1. The van der Waals surface area contributed by atoms with Crippen molar-refractivity contribution in [2.75, 3.05) is 39.3 Å². The zero-order valence-corrected chi connectivity index (χ0v) is 19.0. The van der Waals surface area contributed by atoms with Crippen molar-refractivity contribution in [1.29, 1.82) is 0 Å². The molecule has 3 atom stereocenters. The molecule has 1 aliphatic heterocycles. The summed E-state index contributed by atoms with van der Waals surface area (Å²) in [6.07, 6.45) is 4.03. The van der Waals surface area contributed by atoms with Crippen LogP contribution in [0.4, 0.5) is 5.95 Å². The Balaban J connectivity index is 1.65. The number of ether oxygens (including phenoxy) is 3. The van der Waals surface area contributed by atoms with Gasteiger partial charge in [-0.2, -0.15) is 0 Å². The lowest BCUT2D eigenvalue weighted by Gasteiger charge is -2.35. The number of benzene rings is 1. The van der Waals surface area contributed by atoms with Crippen molar-refractivity contribution in [3.05, 3.63) is 35.2 Å². The van der Waals surface area contributed by atoms with Crippen molar-refractivity contribution in [3.63, 3.8) is 0 Å². The van der Waals surface area contributed by atoms with Crippen molar-refractivity contribution in [1.82, 2.24) is 9.97 Å². The van der Waals surface area contributed by atoms with E-state index in [1.165, 1.54) is 6.42 Å². The van der Waals surface area contributed by atoms with E-state index in [0.29, 0.717) is 47.5 Å². The summed E-state index contributed by atoms with van der Waals surface area (Å²) >= 11 is 0. The number of hydrogen-bond acceptors (Lipinski definition) is 7. The number of hydrogen-bond donors (Lipinski definition) is 0. The minimum atomic E-state index is -0.00402. The molecule has 7 nitrogen and oxygen atoms in total. The van der Waals surface area contributed by atoms with Crippen molar-refractivity contribution < 1.29 is 19.0 Å². The molecule has 1 aliphatic carbocycles. The smallest absolute Gasteiger partial charge is 0.225 e. The minimum absolute atomic E-state index is 0.00402. The molecule has 2 aliphatic rings. The van der Waals surface area contributed by atoms with Crippen LogP contribution in [0.15, 0.2) is 18.3 Å². The molecule has 1 aromatic carbocycles. The SMILES string of the molecule is COc1cc([C@H]2CC(=O)c3cnc(N4C[C@H](C)C[C@H](C)C4)nc3C2)cc(OC)c1OC. The third kappa shape index (κ3) is 4.18. The van der Waals surface area contributed by atoms with Gasteiger partial charge in [-0.1, -0.05) is 13.8 Å². The van der Waals surface area contributed by atoms with E-state index in [4.69, 9.17) is 19.2 Å². The fraction of sp³-hybridized carbons (Fsp3) is 0.542. The van der Waals surface area contributed by atoms with Gasteiger partial charge in [0.25, 0.3) is 0 Å². The second-order valence-electron chi connectivity index (χ2n) is 8.87. The predicted octanol–water partition coefficient (Wildman–Crippen LogP) is 3.90. The summed E-state index contributed by atoms with van der Waals surface area (Å²) in [6, 6.07) is 3.86. The van der Waals surface area contributed by atoms with Crippen LogP contribution in [0.5, 0.6) is 17.2 Å². The molecule has 4 rings (SSSR count). The number of nitrogens with zero attached hydrogens (tertiary/aromatic N) is 3. The molecule has 1 fully saturated rings. The van der Waals surface area contributed by atoms with E-state index in [-0.39, 0.29) is 11.7 Å². The van der Waals surface area contributed by atoms with E-state index >= 15 is 0 Å².